The van der Waals surface area contributed by atoms with E-state index < -0.39 is 0 Å². The number of ketones is 1. The lowest BCUT2D eigenvalue weighted by atomic mass is 9.85. The summed E-state index contributed by atoms with van der Waals surface area (Å²) in [6.07, 6.45) is 3.57. The lowest BCUT2D eigenvalue weighted by molar-refractivity contribution is 0.0927. The maximum atomic E-state index is 12.4. The molecule has 0 spiro atoms. The lowest BCUT2D eigenvalue weighted by Gasteiger charge is -2.23. The first kappa shape index (κ1) is 15.0. The molecule has 0 saturated carbocycles. The Kier molecular flexibility index (Phi) is 4.81. The molecule has 1 aliphatic heterocycles. The first-order valence-electron chi connectivity index (χ1n) is 7.40. The maximum absolute atomic E-state index is 12.4. The van der Waals surface area contributed by atoms with Crippen molar-refractivity contribution in [3.63, 3.8) is 0 Å². The number of carbonyl (C=O) groups is 1. The van der Waals surface area contributed by atoms with E-state index in [9.17, 15) is 4.79 Å². The van der Waals surface area contributed by atoms with Gasteiger partial charge in [0.15, 0.2) is 5.78 Å². The quantitative estimate of drug-likeness (QED) is 0.789. The summed E-state index contributed by atoms with van der Waals surface area (Å²) in [6, 6.07) is 7.48. The van der Waals surface area contributed by atoms with Gasteiger partial charge < -0.3 is 4.74 Å². The molecule has 1 aromatic carbocycles. The zero-order valence-electron chi connectivity index (χ0n) is 12.8. The lowest BCUT2D eigenvalue weighted by Crippen LogP contribution is -2.31. The van der Waals surface area contributed by atoms with Crippen LogP contribution >= 0.6 is 0 Å². The van der Waals surface area contributed by atoms with Crippen molar-refractivity contribution in [2.24, 2.45) is 5.41 Å². The molecule has 0 N–H and O–H groups in total. The van der Waals surface area contributed by atoms with Gasteiger partial charge >= 0.3 is 0 Å². The average Bonchev–Trinajstić information content (AvgIpc) is 2.60. The molecule has 1 heterocycles. The first-order chi connectivity index (χ1) is 9.52. The van der Waals surface area contributed by atoms with Gasteiger partial charge in [0.1, 0.15) is 5.75 Å². The highest BCUT2D eigenvalue weighted by atomic mass is 16.5. The number of rotatable bonds is 4. The van der Waals surface area contributed by atoms with E-state index in [1.54, 1.807) is 7.11 Å². The summed E-state index contributed by atoms with van der Waals surface area (Å²) in [7, 11) is 1.61. The SMILES string of the molecule is COc1ccccc1C(=O)CN1CCCC(C)(C)CC1. The van der Waals surface area contributed by atoms with Gasteiger partial charge in [-0.05, 0) is 49.9 Å². The fourth-order valence-electron chi connectivity index (χ4n) is 2.80. The first-order valence-corrected chi connectivity index (χ1v) is 7.40. The smallest absolute Gasteiger partial charge is 0.180 e. The second-order valence-corrected chi connectivity index (χ2v) is 6.42. The van der Waals surface area contributed by atoms with Crippen LogP contribution in [-0.2, 0) is 0 Å². The molecule has 3 heteroatoms. The van der Waals surface area contributed by atoms with Crippen LogP contribution in [0.2, 0.25) is 0 Å². The molecule has 1 fully saturated rings. The highest BCUT2D eigenvalue weighted by Gasteiger charge is 2.24. The van der Waals surface area contributed by atoms with Crippen LogP contribution in [0, 0.1) is 5.41 Å². The predicted molar refractivity (Wildman–Crippen MR) is 81.4 cm³/mol. The molecule has 0 amide bonds. The summed E-state index contributed by atoms with van der Waals surface area (Å²) in [5, 5.41) is 0. The Balaban J connectivity index is 2.01. The number of para-hydroxylation sites is 1. The van der Waals surface area contributed by atoms with Gasteiger partial charge in [-0.1, -0.05) is 26.0 Å². The third-order valence-corrected chi connectivity index (χ3v) is 4.21. The van der Waals surface area contributed by atoms with E-state index in [-0.39, 0.29) is 5.78 Å². The second kappa shape index (κ2) is 6.40. The molecule has 1 aromatic rings. The van der Waals surface area contributed by atoms with E-state index in [2.05, 4.69) is 18.7 Å². The Morgan fingerprint density at radius 1 is 1.25 bits per heavy atom. The van der Waals surface area contributed by atoms with E-state index >= 15 is 0 Å². The number of likely N-dealkylation sites (tertiary alicyclic amines) is 1. The van der Waals surface area contributed by atoms with Crippen LogP contribution in [0.1, 0.15) is 43.5 Å². The fourth-order valence-corrected chi connectivity index (χ4v) is 2.80. The highest BCUT2D eigenvalue weighted by Crippen LogP contribution is 2.30. The number of nitrogens with zero attached hydrogens (tertiary/aromatic N) is 1. The summed E-state index contributed by atoms with van der Waals surface area (Å²) >= 11 is 0. The van der Waals surface area contributed by atoms with Crippen molar-refractivity contribution in [2.45, 2.75) is 33.1 Å². The molecule has 110 valence electrons. The number of ether oxygens (including phenoxy) is 1. The molecule has 1 aliphatic rings. The van der Waals surface area contributed by atoms with E-state index in [0.29, 0.717) is 23.3 Å². The van der Waals surface area contributed by atoms with Crippen LogP contribution in [0.15, 0.2) is 24.3 Å². The minimum Gasteiger partial charge on any atom is -0.496 e. The third-order valence-electron chi connectivity index (χ3n) is 4.21. The molecule has 0 atom stereocenters. The Morgan fingerprint density at radius 2 is 2.00 bits per heavy atom. The number of carbonyl (C=O) groups excluding carboxylic acids is 1. The van der Waals surface area contributed by atoms with Gasteiger partial charge in [-0.3, -0.25) is 9.69 Å². The minimum absolute atomic E-state index is 0.155. The Hall–Kier alpha value is -1.35. The van der Waals surface area contributed by atoms with E-state index in [1.807, 2.05) is 24.3 Å². The topological polar surface area (TPSA) is 29.5 Å². The third kappa shape index (κ3) is 3.83. The van der Waals surface area contributed by atoms with Crippen molar-refractivity contribution < 1.29 is 9.53 Å². The zero-order valence-corrected chi connectivity index (χ0v) is 12.8. The van der Waals surface area contributed by atoms with Gasteiger partial charge in [-0.2, -0.15) is 0 Å². The normalized spacial score (nSPS) is 19.4. The van der Waals surface area contributed by atoms with E-state index in [1.165, 1.54) is 12.8 Å². The average molecular weight is 275 g/mol. The summed E-state index contributed by atoms with van der Waals surface area (Å²) in [4.78, 5) is 14.7. The monoisotopic (exact) mass is 275 g/mol. The Labute approximate surface area is 121 Å². The standard InChI is InChI=1S/C17H25NO2/c1-17(2)9-6-11-18(12-10-17)13-15(19)14-7-4-5-8-16(14)20-3/h4-5,7-8H,6,9-13H2,1-3H3. The van der Waals surface area contributed by atoms with Gasteiger partial charge in [0.05, 0.1) is 19.2 Å². The molecule has 2 rings (SSSR count). The molecule has 3 nitrogen and oxygen atoms in total. The molecule has 0 aromatic heterocycles. The second-order valence-electron chi connectivity index (χ2n) is 6.42. The maximum Gasteiger partial charge on any atom is 0.180 e. The molecule has 0 aliphatic carbocycles. The van der Waals surface area contributed by atoms with E-state index in [0.717, 1.165) is 19.5 Å². The largest absolute Gasteiger partial charge is 0.496 e. The number of hydrogen-bond donors (Lipinski definition) is 0. The van der Waals surface area contributed by atoms with Crippen molar-refractivity contribution in [2.75, 3.05) is 26.7 Å². The highest BCUT2D eigenvalue weighted by molar-refractivity contribution is 6.00. The van der Waals surface area contributed by atoms with Crippen molar-refractivity contribution in [1.29, 1.82) is 0 Å². The predicted octanol–water partition coefficient (Wildman–Crippen LogP) is 3.39. The molecule has 20 heavy (non-hydrogen) atoms. The molecular weight excluding hydrogens is 250 g/mol. The Bertz CT molecular complexity index is 468. The van der Waals surface area contributed by atoms with Gasteiger partial charge in [0, 0.05) is 0 Å². The zero-order chi connectivity index (χ0) is 14.6. The van der Waals surface area contributed by atoms with Crippen molar-refractivity contribution >= 4 is 5.78 Å². The van der Waals surface area contributed by atoms with Crippen LogP contribution in [0.25, 0.3) is 0 Å². The molecule has 0 radical (unpaired) electrons. The molecule has 0 unspecified atom stereocenters. The van der Waals surface area contributed by atoms with Gasteiger partial charge in [0.2, 0.25) is 0 Å². The van der Waals surface area contributed by atoms with Crippen LogP contribution in [0.5, 0.6) is 5.75 Å². The van der Waals surface area contributed by atoms with Gasteiger partial charge in [-0.15, -0.1) is 0 Å². The number of benzene rings is 1. The molecule has 1 saturated heterocycles. The van der Waals surface area contributed by atoms with E-state index in [4.69, 9.17) is 4.74 Å². The summed E-state index contributed by atoms with van der Waals surface area (Å²) in [5.74, 6) is 0.829. The molecular formula is C17H25NO2. The van der Waals surface area contributed by atoms with Crippen LogP contribution < -0.4 is 4.74 Å². The summed E-state index contributed by atoms with van der Waals surface area (Å²) in [6.45, 7) is 7.16. The summed E-state index contributed by atoms with van der Waals surface area (Å²) in [5.41, 5.74) is 1.10. The van der Waals surface area contributed by atoms with Crippen LogP contribution in [0.3, 0.4) is 0 Å². The fraction of sp³-hybridized carbons (Fsp3) is 0.588. The van der Waals surface area contributed by atoms with Gasteiger partial charge in [-0.25, -0.2) is 0 Å². The van der Waals surface area contributed by atoms with Crippen molar-refractivity contribution in [1.82, 2.24) is 4.90 Å². The number of hydrogen-bond acceptors (Lipinski definition) is 3. The van der Waals surface area contributed by atoms with Crippen LogP contribution in [-0.4, -0.2) is 37.4 Å². The Morgan fingerprint density at radius 3 is 2.75 bits per heavy atom. The van der Waals surface area contributed by atoms with Crippen molar-refractivity contribution in [3.8, 4) is 5.75 Å². The number of methoxy groups -OCH3 is 1. The number of Topliss-reactive ketones (excluding diaryl/α,β-unsaturated/α-hetero) is 1. The van der Waals surface area contributed by atoms with Crippen molar-refractivity contribution in [3.05, 3.63) is 29.8 Å². The van der Waals surface area contributed by atoms with Gasteiger partial charge in [0.25, 0.3) is 0 Å². The van der Waals surface area contributed by atoms with Crippen LogP contribution in [0.4, 0.5) is 0 Å². The minimum atomic E-state index is 0.155. The molecule has 0 bridgehead atoms. The summed E-state index contributed by atoms with van der Waals surface area (Å²) < 4.78 is 5.27.